The number of nitrogens with one attached hydrogen (secondary N) is 1. The smallest absolute Gasteiger partial charge is 0.124 e. The van der Waals surface area contributed by atoms with Crippen molar-refractivity contribution in [2.45, 2.75) is 64.3 Å². The zero-order chi connectivity index (χ0) is 15.3. The van der Waals surface area contributed by atoms with Crippen LogP contribution in [-0.2, 0) is 4.74 Å². The van der Waals surface area contributed by atoms with Crippen molar-refractivity contribution in [1.29, 1.82) is 0 Å². The molecule has 3 nitrogen and oxygen atoms in total. The predicted octanol–water partition coefficient (Wildman–Crippen LogP) is 3.69. The highest BCUT2D eigenvalue weighted by Gasteiger charge is 2.50. The molecule has 3 atom stereocenters. The summed E-state index contributed by atoms with van der Waals surface area (Å²) in [6.45, 7) is 8.92. The van der Waals surface area contributed by atoms with Gasteiger partial charge in [-0.25, -0.2) is 0 Å². The molecule has 0 spiro atoms. The summed E-state index contributed by atoms with van der Waals surface area (Å²) in [6.07, 6.45) is 2.44. The number of benzene rings is 1. The van der Waals surface area contributed by atoms with Crippen LogP contribution in [0.3, 0.4) is 0 Å². The van der Waals surface area contributed by atoms with Crippen LogP contribution in [0, 0.1) is 5.41 Å². The van der Waals surface area contributed by atoms with Crippen LogP contribution in [0.25, 0.3) is 0 Å². The molecule has 1 saturated carbocycles. The van der Waals surface area contributed by atoms with E-state index < -0.39 is 0 Å². The molecule has 2 aliphatic rings. The highest BCUT2D eigenvalue weighted by Crippen LogP contribution is 2.46. The summed E-state index contributed by atoms with van der Waals surface area (Å²) in [4.78, 5) is 0. The van der Waals surface area contributed by atoms with Gasteiger partial charge in [-0.05, 0) is 26.3 Å². The molecule has 1 heterocycles. The Bertz CT molecular complexity index is 524. The zero-order valence-corrected chi connectivity index (χ0v) is 13.8. The van der Waals surface area contributed by atoms with Crippen LogP contribution in [-0.4, -0.2) is 24.9 Å². The maximum Gasteiger partial charge on any atom is 0.124 e. The van der Waals surface area contributed by atoms with Crippen molar-refractivity contribution in [3.05, 3.63) is 29.8 Å². The van der Waals surface area contributed by atoms with Gasteiger partial charge in [0, 0.05) is 36.6 Å². The third-order valence-electron chi connectivity index (χ3n) is 5.24. The molecule has 1 fully saturated rings. The minimum Gasteiger partial charge on any atom is -0.487 e. The van der Waals surface area contributed by atoms with Gasteiger partial charge in [-0.1, -0.05) is 32.0 Å². The fourth-order valence-corrected chi connectivity index (χ4v) is 3.76. The molecule has 0 bridgehead atoms. The van der Waals surface area contributed by atoms with E-state index in [1.807, 2.05) is 13.2 Å². The SMILES string of the molecule is COC1CC(NC2CC(C)(C)Oc3ccccc32)C1(C)C. The molecule has 116 valence electrons. The van der Waals surface area contributed by atoms with E-state index in [1.54, 1.807) is 0 Å². The lowest BCUT2D eigenvalue weighted by atomic mass is 9.64. The molecular weight excluding hydrogens is 262 g/mol. The fraction of sp³-hybridized carbons (Fsp3) is 0.667. The number of hydrogen-bond acceptors (Lipinski definition) is 3. The van der Waals surface area contributed by atoms with Crippen molar-refractivity contribution in [2.24, 2.45) is 5.41 Å². The Kier molecular flexibility index (Phi) is 3.53. The van der Waals surface area contributed by atoms with Gasteiger partial charge >= 0.3 is 0 Å². The van der Waals surface area contributed by atoms with Crippen molar-refractivity contribution in [3.8, 4) is 5.75 Å². The number of para-hydroxylation sites is 1. The van der Waals surface area contributed by atoms with Crippen LogP contribution < -0.4 is 10.1 Å². The Balaban J connectivity index is 1.80. The lowest BCUT2D eigenvalue weighted by molar-refractivity contribution is -0.103. The first kappa shape index (κ1) is 14.9. The van der Waals surface area contributed by atoms with Crippen molar-refractivity contribution in [3.63, 3.8) is 0 Å². The second kappa shape index (κ2) is 4.99. The fourth-order valence-electron chi connectivity index (χ4n) is 3.76. The van der Waals surface area contributed by atoms with Crippen LogP contribution in [0.5, 0.6) is 5.75 Å². The Morgan fingerprint density at radius 1 is 1.19 bits per heavy atom. The van der Waals surface area contributed by atoms with Gasteiger partial charge in [-0.3, -0.25) is 0 Å². The van der Waals surface area contributed by atoms with E-state index in [9.17, 15) is 0 Å². The molecule has 3 unspecified atom stereocenters. The summed E-state index contributed by atoms with van der Waals surface area (Å²) in [6, 6.07) is 9.25. The molecule has 3 heteroatoms. The molecule has 1 aliphatic heterocycles. The summed E-state index contributed by atoms with van der Waals surface area (Å²) in [5, 5.41) is 3.86. The van der Waals surface area contributed by atoms with Gasteiger partial charge in [0.2, 0.25) is 0 Å². The average Bonchev–Trinajstić information content (AvgIpc) is 2.41. The van der Waals surface area contributed by atoms with Gasteiger partial charge in [0.25, 0.3) is 0 Å². The van der Waals surface area contributed by atoms with E-state index in [2.05, 4.69) is 51.2 Å². The molecule has 0 aromatic heterocycles. The van der Waals surface area contributed by atoms with Gasteiger partial charge in [0.1, 0.15) is 11.4 Å². The van der Waals surface area contributed by atoms with Crippen LogP contribution in [0.2, 0.25) is 0 Å². The van der Waals surface area contributed by atoms with Gasteiger partial charge in [-0.15, -0.1) is 0 Å². The number of rotatable bonds is 3. The maximum absolute atomic E-state index is 6.11. The largest absolute Gasteiger partial charge is 0.487 e. The van der Waals surface area contributed by atoms with E-state index in [1.165, 1.54) is 5.56 Å². The molecule has 0 radical (unpaired) electrons. The zero-order valence-electron chi connectivity index (χ0n) is 13.8. The average molecular weight is 289 g/mol. The van der Waals surface area contributed by atoms with Crippen molar-refractivity contribution in [1.82, 2.24) is 5.32 Å². The van der Waals surface area contributed by atoms with Crippen molar-refractivity contribution >= 4 is 0 Å². The second-order valence-electron chi connectivity index (χ2n) is 7.66. The molecule has 1 N–H and O–H groups in total. The monoisotopic (exact) mass is 289 g/mol. The Morgan fingerprint density at radius 2 is 1.90 bits per heavy atom. The van der Waals surface area contributed by atoms with Gasteiger partial charge in [0.15, 0.2) is 0 Å². The van der Waals surface area contributed by atoms with Crippen molar-refractivity contribution in [2.75, 3.05) is 7.11 Å². The lowest BCUT2D eigenvalue weighted by Crippen LogP contribution is -2.61. The first-order valence-corrected chi connectivity index (χ1v) is 7.90. The highest BCUT2D eigenvalue weighted by molar-refractivity contribution is 5.39. The first-order valence-electron chi connectivity index (χ1n) is 7.90. The van der Waals surface area contributed by atoms with Crippen LogP contribution in [0.1, 0.15) is 52.1 Å². The summed E-state index contributed by atoms with van der Waals surface area (Å²) in [5.41, 5.74) is 1.35. The highest BCUT2D eigenvalue weighted by atomic mass is 16.5. The predicted molar refractivity (Wildman–Crippen MR) is 84.6 cm³/mol. The minimum atomic E-state index is -0.124. The Morgan fingerprint density at radius 3 is 2.57 bits per heavy atom. The van der Waals surface area contributed by atoms with E-state index in [4.69, 9.17) is 9.47 Å². The van der Waals surface area contributed by atoms with Gasteiger partial charge in [0.05, 0.1) is 6.10 Å². The molecule has 21 heavy (non-hydrogen) atoms. The second-order valence-corrected chi connectivity index (χ2v) is 7.66. The standard InChI is InChI=1S/C18H27NO2/c1-17(2)11-13(12-8-6-7-9-14(12)21-17)19-15-10-16(20-5)18(15,3)4/h6-9,13,15-16,19H,10-11H2,1-5H3. The Hall–Kier alpha value is -1.06. The molecule has 1 aliphatic carbocycles. The van der Waals surface area contributed by atoms with Gasteiger partial charge < -0.3 is 14.8 Å². The quantitative estimate of drug-likeness (QED) is 0.920. The number of methoxy groups -OCH3 is 1. The van der Waals surface area contributed by atoms with Crippen molar-refractivity contribution < 1.29 is 9.47 Å². The van der Waals surface area contributed by atoms with E-state index >= 15 is 0 Å². The topological polar surface area (TPSA) is 30.5 Å². The molecule has 3 rings (SSSR count). The van der Waals surface area contributed by atoms with E-state index in [0.29, 0.717) is 18.2 Å². The third-order valence-corrected chi connectivity index (χ3v) is 5.24. The summed E-state index contributed by atoms with van der Waals surface area (Å²) in [7, 11) is 1.81. The maximum atomic E-state index is 6.11. The molecule has 1 aromatic rings. The van der Waals surface area contributed by atoms with Crippen LogP contribution >= 0.6 is 0 Å². The molecule has 0 amide bonds. The molecule has 1 aromatic carbocycles. The van der Waals surface area contributed by atoms with E-state index in [-0.39, 0.29) is 11.0 Å². The normalized spacial score (nSPS) is 32.7. The minimum absolute atomic E-state index is 0.124. The molecule has 0 saturated heterocycles. The van der Waals surface area contributed by atoms with Gasteiger partial charge in [-0.2, -0.15) is 0 Å². The number of fused-ring (bicyclic) bond motifs is 1. The summed E-state index contributed by atoms with van der Waals surface area (Å²) < 4.78 is 11.7. The molecular formula is C18H27NO2. The van der Waals surface area contributed by atoms with Crippen LogP contribution in [0.4, 0.5) is 0 Å². The lowest BCUT2D eigenvalue weighted by Gasteiger charge is -2.53. The third kappa shape index (κ3) is 2.58. The Labute approximate surface area is 128 Å². The van der Waals surface area contributed by atoms with E-state index in [0.717, 1.165) is 18.6 Å². The number of ether oxygens (including phenoxy) is 2. The summed E-state index contributed by atoms with van der Waals surface area (Å²) >= 11 is 0. The van der Waals surface area contributed by atoms with Crippen LogP contribution in [0.15, 0.2) is 24.3 Å². The summed E-state index contributed by atoms with van der Waals surface area (Å²) in [5.74, 6) is 1.02. The first-order chi connectivity index (χ1) is 9.83. The number of hydrogen-bond donors (Lipinski definition) is 1.